The van der Waals surface area contributed by atoms with Crippen molar-refractivity contribution in [3.05, 3.63) is 12.2 Å². The number of guanidine groups is 1. The second kappa shape index (κ2) is 6.78. The number of hydrazine groups is 1. The molecule has 7 heteroatoms. The first-order valence-electron chi connectivity index (χ1n) is 5.40. The summed E-state index contributed by atoms with van der Waals surface area (Å²) in [4.78, 5) is 8.34. The van der Waals surface area contributed by atoms with E-state index in [1.165, 1.54) is 6.33 Å². The van der Waals surface area contributed by atoms with Crippen molar-refractivity contribution in [2.24, 2.45) is 10.8 Å². The highest BCUT2D eigenvalue weighted by Crippen LogP contribution is 2.03. The highest BCUT2D eigenvalue weighted by molar-refractivity contribution is 5.79. The van der Waals surface area contributed by atoms with Gasteiger partial charge >= 0.3 is 0 Å². The van der Waals surface area contributed by atoms with Crippen LogP contribution in [0.4, 0.5) is 0 Å². The van der Waals surface area contributed by atoms with Gasteiger partial charge in [0.15, 0.2) is 0 Å². The predicted molar refractivity (Wildman–Crippen MR) is 62.5 cm³/mol. The van der Waals surface area contributed by atoms with Crippen molar-refractivity contribution in [1.29, 1.82) is 0 Å². The lowest BCUT2D eigenvalue weighted by Crippen LogP contribution is -2.43. The molecule has 1 aromatic rings. The van der Waals surface area contributed by atoms with Gasteiger partial charge in [-0.1, -0.05) is 13.3 Å². The molecule has 0 saturated heterocycles. The summed E-state index contributed by atoms with van der Waals surface area (Å²) < 4.78 is 0. The van der Waals surface area contributed by atoms with Gasteiger partial charge in [0.05, 0.1) is 6.04 Å². The van der Waals surface area contributed by atoms with Crippen LogP contribution in [0, 0.1) is 0 Å². The molecule has 0 spiro atoms. The first-order chi connectivity index (χ1) is 7.77. The Morgan fingerprint density at radius 1 is 1.69 bits per heavy atom. The zero-order chi connectivity index (χ0) is 11.8. The summed E-state index contributed by atoms with van der Waals surface area (Å²) in [6.07, 6.45) is 3.62. The van der Waals surface area contributed by atoms with Crippen LogP contribution in [-0.4, -0.2) is 27.7 Å². The molecule has 0 bridgehead atoms. The van der Waals surface area contributed by atoms with Crippen LogP contribution < -0.4 is 16.6 Å². The average Bonchev–Trinajstić information content (AvgIpc) is 2.81. The van der Waals surface area contributed by atoms with Crippen molar-refractivity contribution in [3.63, 3.8) is 0 Å². The smallest absolute Gasteiger partial charge is 0.206 e. The van der Waals surface area contributed by atoms with E-state index in [2.05, 4.69) is 37.8 Å². The van der Waals surface area contributed by atoms with Gasteiger partial charge in [0.2, 0.25) is 5.96 Å². The summed E-state index contributed by atoms with van der Waals surface area (Å²) in [5, 5.41) is 9.68. The van der Waals surface area contributed by atoms with Crippen LogP contribution in [-0.2, 0) is 0 Å². The number of unbranched alkanes of at least 4 members (excludes halogenated alkanes) is 1. The van der Waals surface area contributed by atoms with Gasteiger partial charge in [-0.2, -0.15) is 5.10 Å². The average molecular weight is 225 g/mol. The van der Waals surface area contributed by atoms with Crippen LogP contribution >= 0.6 is 0 Å². The summed E-state index contributed by atoms with van der Waals surface area (Å²) in [5.41, 5.74) is 2.53. The van der Waals surface area contributed by atoms with Crippen LogP contribution in [0.5, 0.6) is 0 Å². The number of nitrogens with zero attached hydrogens (tertiary/aromatic N) is 3. The molecule has 1 heterocycles. The minimum absolute atomic E-state index is 0.0149. The van der Waals surface area contributed by atoms with Crippen LogP contribution in [0.25, 0.3) is 0 Å². The quantitative estimate of drug-likeness (QED) is 0.187. The molecule has 0 amide bonds. The van der Waals surface area contributed by atoms with Gasteiger partial charge in [-0.05, 0) is 13.3 Å². The Kier molecular flexibility index (Phi) is 5.27. The Morgan fingerprint density at radius 2 is 2.50 bits per heavy atom. The number of hydrogen-bond acceptors (Lipinski definition) is 4. The molecule has 5 N–H and O–H groups in total. The van der Waals surface area contributed by atoms with Crippen molar-refractivity contribution in [2.75, 3.05) is 6.54 Å². The number of rotatable bonds is 5. The summed E-state index contributed by atoms with van der Waals surface area (Å²) in [7, 11) is 0. The molecular weight excluding hydrogens is 206 g/mol. The summed E-state index contributed by atoms with van der Waals surface area (Å²) in [5.74, 6) is 6.68. The maximum absolute atomic E-state index is 5.37. The van der Waals surface area contributed by atoms with Gasteiger partial charge in [0.1, 0.15) is 12.2 Å². The predicted octanol–water partition coefficient (Wildman–Crippen LogP) is 0.0747. The van der Waals surface area contributed by atoms with Gasteiger partial charge in [0, 0.05) is 6.54 Å². The minimum Gasteiger partial charge on any atom is -0.346 e. The largest absolute Gasteiger partial charge is 0.346 e. The van der Waals surface area contributed by atoms with E-state index in [4.69, 9.17) is 5.84 Å². The first kappa shape index (κ1) is 12.4. The van der Waals surface area contributed by atoms with Crippen molar-refractivity contribution < 1.29 is 0 Å². The third kappa shape index (κ3) is 3.85. The summed E-state index contributed by atoms with van der Waals surface area (Å²) in [6, 6.07) is -0.0149. The highest BCUT2D eigenvalue weighted by Gasteiger charge is 2.09. The lowest BCUT2D eigenvalue weighted by Gasteiger charge is -2.13. The number of aromatic amines is 1. The zero-order valence-corrected chi connectivity index (χ0v) is 9.70. The normalized spacial score (nSPS) is 13.6. The topological polar surface area (TPSA) is 104 Å². The molecule has 1 aromatic heterocycles. The molecule has 90 valence electrons. The Morgan fingerprint density at radius 3 is 3.06 bits per heavy atom. The summed E-state index contributed by atoms with van der Waals surface area (Å²) in [6.45, 7) is 4.83. The van der Waals surface area contributed by atoms with E-state index in [1.54, 1.807) is 0 Å². The van der Waals surface area contributed by atoms with Gasteiger partial charge in [0.25, 0.3) is 0 Å². The first-order valence-corrected chi connectivity index (χ1v) is 5.40. The van der Waals surface area contributed by atoms with E-state index in [1.807, 2.05) is 6.92 Å². The van der Waals surface area contributed by atoms with E-state index >= 15 is 0 Å². The SMILES string of the molecule is CCCCN=C(NN)NC(C)c1ncn[nH]1. The van der Waals surface area contributed by atoms with E-state index in [0.29, 0.717) is 5.96 Å². The molecular formula is C9H19N7. The Balaban J connectivity index is 2.46. The van der Waals surface area contributed by atoms with Gasteiger partial charge in [-0.25, -0.2) is 10.8 Å². The summed E-state index contributed by atoms with van der Waals surface area (Å²) >= 11 is 0. The number of aliphatic imine (C=N–C) groups is 1. The zero-order valence-electron chi connectivity index (χ0n) is 9.70. The highest BCUT2D eigenvalue weighted by atomic mass is 15.3. The monoisotopic (exact) mass is 225 g/mol. The maximum Gasteiger partial charge on any atom is 0.206 e. The van der Waals surface area contributed by atoms with Crippen LogP contribution in [0.3, 0.4) is 0 Å². The van der Waals surface area contributed by atoms with Crippen LogP contribution in [0.15, 0.2) is 11.3 Å². The van der Waals surface area contributed by atoms with Crippen LogP contribution in [0.2, 0.25) is 0 Å². The van der Waals surface area contributed by atoms with Crippen molar-refractivity contribution in [3.8, 4) is 0 Å². The fourth-order valence-electron chi connectivity index (χ4n) is 1.18. The van der Waals surface area contributed by atoms with Gasteiger partial charge in [-0.3, -0.25) is 15.5 Å². The number of hydrogen-bond donors (Lipinski definition) is 4. The Hall–Kier alpha value is -1.63. The fourth-order valence-corrected chi connectivity index (χ4v) is 1.18. The van der Waals surface area contributed by atoms with E-state index in [-0.39, 0.29) is 6.04 Å². The molecule has 0 radical (unpaired) electrons. The second-order valence-electron chi connectivity index (χ2n) is 3.46. The number of H-pyrrole nitrogens is 1. The molecule has 1 atom stereocenters. The van der Waals surface area contributed by atoms with Crippen molar-refractivity contribution in [2.45, 2.75) is 32.7 Å². The molecule has 7 nitrogen and oxygen atoms in total. The van der Waals surface area contributed by atoms with Crippen LogP contribution in [0.1, 0.15) is 38.6 Å². The van der Waals surface area contributed by atoms with Gasteiger partial charge in [-0.15, -0.1) is 0 Å². The third-order valence-corrected chi connectivity index (χ3v) is 2.12. The molecule has 0 aliphatic rings. The fraction of sp³-hybridized carbons (Fsp3) is 0.667. The lowest BCUT2D eigenvalue weighted by atomic mass is 10.3. The molecule has 1 rings (SSSR count). The maximum atomic E-state index is 5.37. The third-order valence-electron chi connectivity index (χ3n) is 2.12. The van der Waals surface area contributed by atoms with Crippen molar-refractivity contribution >= 4 is 5.96 Å². The number of nitrogens with two attached hydrogens (primary N) is 1. The molecule has 0 aliphatic carbocycles. The number of nitrogens with one attached hydrogen (secondary N) is 3. The molecule has 0 fully saturated rings. The molecule has 1 unspecified atom stereocenters. The molecule has 16 heavy (non-hydrogen) atoms. The van der Waals surface area contributed by atoms with Gasteiger partial charge < -0.3 is 5.32 Å². The Bertz CT molecular complexity index is 306. The lowest BCUT2D eigenvalue weighted by molar-refractivity contribution is 0.644. The number of aromatic nitrogens is 3. The second-order valence-corrected chi connectivity index (χ2v) is 3.46. The standard InChI is InChI=1S/C9H19N7/c1-3-4-5-11-9(15-10)14-7(2)8-12-6-13-16-8/h6-7H,3-5,10H2,1-2H3,(H2,11,14,15)(H,12,13,16). The van der Waals surface area contributed by atoms with E-state index < -0.39 is 0 Å². The van der Waals surface area contributed by atoms with E-state index in [9.17, 15) is 0 Å². The molecule has 0 saturated carbocycles. The minimum atomic E-state index is -0.0149. The Labute approximate surface area is 94.9 Å². The molecule has 0 aliphatic heterocycles. The molecule has 0 aromatic carbocycles. The van der Waals surface area contributed by atoms with E-state index in [0.717, 1.165) is 25.2 Å². The van der Waals surface area contributed by atoms with Crippen molar-refractivity contribution in [1.82, 2.24) is 25.9 Å².